The third-order valence-corrected chi connectivity index (χ3v) is 3.97. The zero-order valence-corrected chi connectivity index (χ0v) is 11.6. The van der Waals surface area contributed by atoms with Crippen LogP contribution >= 0.6 is 0 Å². The average molecular weight is 259 g/mol. The number of rotatable bonds is 2. The number of nitrogens with zero attached hydrogens (tertiary/aromatic N) is 3. The molecule has 2 aromatic rings. The van der Waals surface area contributed by atoms with Crippen LogP contribution in [0.25, 0.3) is 11.0 Å². The van der Waals surface area contributed by atoms with E-state index in [-0.39, 0.29) is 0 Å². The average Bonchev–Trinajstić information content (AvgIpc) is 2.80. The van der Waals surface area contributed by atoms with Crippen molar-refractivity contribution < 1.29 is 0 Å². The molecule has 1 unspecified atom stereocenters. The highest BCUT2D eigenvalue weighted by Crippen LogP contribution is 2.22. The lowest BCUT2D eigenvalue weighted by Gasteiger charge is -2.35. The van der Waals surface area contributed by atoms with E-state index in [1.165, 1.54) is 19.4 Å². The minimum absolute atomic E-state index is 0.525. The van der Waals surface area contributed by atoms with Crippen molar-refractivity contribution in [1.29, 1.82) is 0 Å². The lowest BCUT2D eigenvalue weighted by Crippen LogP contribution is -2.45. The van der Waals surface area contributed by atoms with Gasteiger partial charge in [-0.05, 0) is 44.6 Å². The van der Waals surface area contributed by atoms with Gasteiger partial charge in [0.2, 0.25) is 5.95 Å². The number of piperidine rings is 1. The molecule has 1 aliphatic heterocycles. The van der Waals surface area contributed by atoms with Gasteiger partial charge in [-0.15, -0.1) is 0 Å². The van der Waals surface area contributed by atoms with Gasteiger partial charge in [-0.2, -0.15) is 0 Å². The second-order valence-corrected chi connectivity index (χ2v) is 5.51. The SMILES string of the molecule is CN1CCCC(N(C)c2nc3ccc(N)cc3[nH]2)C1. The summed E-state index contributed by atoms with van der Waals surface area (Å²) in [4.78, 5) is 12.7. The van der Waals surface area contributed by atoms with E-state index in [0.717, 1.165) is 29.2 Å². The van der Waals surface area contributed by atoms with Crippen molar-refractivity contribution in [1.82, 2.24) is 14.9 Å². The third kappa shape index (κ3) is 2.38. The van der Waals surface area contributed by atoms with Crippen molar-refractivity contribution in [2.24, 2.45) is 0 Å². The molecule has 1 atom stereocenters. The van der Waals surface area contributed by atoms with Crippen LogP contribution in [0.1, 0.15) is 12.8 Å². The van der Waals surface area contributed by atoms with Gasteiger partial charge in [0.25, 0.3) is 0 Å². The number of likely N-dealkylation sites (N-methyl/N-ethyl adjacent to an activating group) is 2. The van der Waals surface area contributed by atoms with Gasteiger partial charge in [-0.25, -0.2) is 4.98 Å². The van der Waals surface area contributed by atoms with E-state index in [0.29, 0.717) is 6.04 Å². The summed E-state index contributed by atoms with van der Waals surface area (Å²) in [5.74, 6) is 0.931. The van der Waals surface area contributed by atoms with E-state index in [1.54, 1.807) is 0 Å². The molecular formula is C14H21N5. The Balaban J connectivity index is 1.86. The highest BCUT2D eigenvalue weighted by atomic mass is 15.3. The first-order valence-electron chi connectivity index (χ1n) is 6.80. The van der Waals surface area contributed by atoms with Crippen molar-refractivity contribution in [3.05, 3.63) is 18.2 Å². The first kappa shape index (κ1) is 12.3. The Morgan fingerprint density at radius 3 is 3.11 bits per heavy atom. The molecule has 1 aromatic carbocycles. The molecule has 0 bridgehead atoms. The number of aromatic nitrogens is 2. The number of nitrogens with two attached hydrogens (primary N) is 1. The van der Waals surface area contributed by atoms with E-state index in [1.807, 2.05) is 18.2 Å². The smallest absolute Gasteiger partial charge is 0.203 e. The number of fused-ring (bicyclic) bond motifs is 1. The van der Waals surface area contributed by atoms with Crippen molar-refractivity contribution in [2.45, 2.75) is 18.9 Å². The molecule has 102 valence electrons. The molecule has 3 N–H and O–H groups in total. The van der Waals surface area contributed by atoms with Gasteiger partial charge >= 0.3 is 0 Å². The number of hydrogen-bond donors (Lipinski definition) is 2. The fourth-order valence-corrected chi connectivity index (χ4v) is 2.81. The molecule has 2 heterocycles. The quantitative estimate of drug-likeness (QED) is 0.806. The predicted octanol–water partition coefficient (Wildman–Crippen LogP) is 1.68. The van der Waals surface area contributed by atoms with Crippen molar-refractivity contribution in [3.63, 3.8) is 0 Å². The summed E-state index contributed by atoms with van der Waals surface area (Å²) >= 11 is 0. The van der Waals surface area contributed by atoms with Crippen molar-refractivity contribution >= 4 is 22.7 Å². The van der Waals surface area contributed by atoms with Crippen LogP contribution in [-0.4, -0.2) is 48.1 Å². The highest BCUT2D eigenvalue weighted by Gasteiger charge is 2.23. The first-order valence-corrected chi connectivity index (χ1v) is 6.80. The van der Waals surface area contributed by atoms with Crippen LogP contribution in [0.3, 0.4) is 0 Å². The Morgan fingerprint density at radius 1 is 1.47 bits per heavy atom. The molecule has 5 heteroatoms. The van der Waals surface area contributed by atoms with E-state index >= 15 is 0 Å². The van der Waals surface area contributed by atoms with Crippen LogP contribution in [0.4, 0.5) is 11.6 Å². The number of nitrogen functional groups attached to an aromatic ring is 1. The Morgan fingerprint density at radius 2 is 2.32 bits per heavy atom. The van der Waals surface area contributed by atoms with Crippen LogP contribution in [-0.2, 0) is 0 Å². The lowest BCUT2D eigenvalue weighted by atomic mass is 10.1. The van der Waals surface area contributed by atoms with Gasteiger partial charge in [-0.3, -0.25) is 0 Å². The first-order chi connectivity index (χ1) is 9.13. The maximum Gasteiger partial charge on any atom is 0.203 e. The van der Waals surface area contributed by atoms with Crippen molar-refractivity contribution in [3.8, 4) is 0 Å². The summed E-state index contributed by atoms with van der Waals surface area (Å²) < 4.78 is 0. The molecule has 1 saturated heterocycles. The Hall–Kier alpha value is -1.75. The van der Waals surface area contributed by atoms with Crippen molar-refractivity contribution in [2.75, 3.05) is 37.8 Å². The van der Waals surface area contributed by atoms with Gasteiger partial charge < -0.3 is 20.5 Å². The molecule has 0 amide bonds. The number of likely N-dealkylation sites (tertiary alicyclic amines) is 1. The molecule has 0 saturated carbocycles. The van der Waals surface area contributed by atoms with Crippen LogP contribution in [0.5, 0.6) is 0 Å². The highest BCUT2D eigenvalue weighted by molar-refractivity contribution is 5.80. The fraction of sp³-hybridized carbons (Fsp3) is 0.500. The van der Waals surface area contributed by atoms with E-state index in [2.05, 4.69) is 33.9 Å². The normalized spacial score (nSPS) is 20.8. The van der Waals surface area contributed by atoms with E-state index in [4.69, 9.17) is 5.73 Å². The zero-order valence-electron chi connectivity index (χ0n) is 11.6. The number of imidazole rings is 1. The van der Waals surface area contributed by atoms with Crippen LogP contribution < -0.4 is 10.6 Å². The molecular weight excluding hydrogens is 238 g/mol. The van der Waals surface area contributed by atoms with Gasteiger partial charge in [0.15, 0.2) is 0 Å². The Bertz CT molecular complexity index is 576. The number of aromatic amines is 1. The van der Waals surface area contributed by atoms with Crippen LogP contribution in [0, 0.1) is 0 Å². The summed E-state index contributed by atoms with van der Waals surface area (Å²) in [5.41, 5.74) is 8.55. The fourth-order valence-electron chi connectivity index (χ4n) is 2.81. The van der Waals surface area contributed by atoms with Crippen LogP contribution in [0.2, 0.25) is 0 Å². The number of benzene rings is 1. The van der Waals surface area contributed by atoms with Gasteiger partial charge in [0.05, 0.1) is 11.0 Å². The number of anilines is 2. The van der Waals surface area contributed by atoms with E-state index < -0.39 is 0 Å². The third-order valence-electron chi connectivity index (χ3n) is 3.97. The van der Waals surface area contributed by atoms with Gasteiger partial charge in [0.1, 0.15) is 0 Å². The molecule has 0 radical (unpaired) electrons. The second kappa shape index (κ2) is 4.74. The predicted molar refractivity (Wildman–Crippen MR) is 79.4 cm³/mol. The van der Waals surface area contributed by atoms with Gasteiger partial charge in [-0.1, -0.05) is 0 Å². The minimum atomic E-state index is 0.525. The summed E-state index contributed by atoms with van der Waals surface area (Å²) in [6, 6.07) is 6.32. The molecule has 19 heavy (non-hydrogen) atoms. The summed E-state index contributed by atoms with van der Waals surface area (Å²) in [7, 11) is 4.30. The monoisotopic (exact) mass is 259 g/mol. The summed E-state index contributed by atoms with van der Waals surface area (Å²) in [5, 5.41) is 0. The second-order valence-electron chi connectivity index (χ2n) is 5.51. The maximum absolute atomic E-state index is 5.80. The molecule has 0 spiro atoms. The molecule has 1 fully saturated rings. The maximum atomic E-state index is 5.80. The van der Waals surface area contributed by atoms with E-state index in [9.17, 15) is 0 Å². The topological polar surface area (TPSA) is 61.2 Å². The standard InChI is InChI=1S/C14H21N5/c1-18-7-3-4-11(9-18)19(2)14-16-12-6-5-10(15)8-13(12)17-14/h5-6,8,11H,3-4,7,9,15H2,1-2H3,(H,16,17). The number of hydrogen-bond acceptors (Lipinski definition) is 4. The Labute approximate surface area is 113 Å². The molecule has 3 rings (SSSR count). The molecule has 1 aliphatic rings. The molecule has 1 aromatic heterocycles. The minimum Gasteiger partial charge on any atom is -0.399 e. The van der Waals surface area contributed by atoms with Crippen LogP contribution in [0.15, 0.2) is 18.2 Å². The number of H-pyrrole nitrogens is 1. The zero-order chi connectivity index (χ0) is 13.4. The summed E-state index contributed by atoms with van der Waals surface area (Å²) in [6.45, 7) is 2.29. The van der Waals surface area contributed by atoms with Gasteiger partial charge in [0, 0.05) is 25.3 Å². The number of nitrogens with one attached hydrogen (secondary N) is 1. The summed E-state index contributed by atoms with van der Waals surface area (Å²) in [6.07, 6.45) is 2.47. The molecule has 5 nitrogen and oxygen atoms in total. The molecule has 0 aliphatic carbocycles. The largest absolute Gasteiger partial charge is 0.399 e. The Kier molecular flexibility index (Phi) is 3.06. The lowest BCUT2D eigenvalue weighted by molar-refractivity contribution is 0.247.